The molecule has 1 aromatic carbocycles. The molecule has 0 saturated carbocycles. The summed E-state index contributed by atoms with van der Waals surface area (Å²) in [5, 5.41) is 0. The van der Waals surface area contributed by atoms with Crippen molar-refractivity contribution in [3.63, 3.8) is 0 Å². The molecule has 1 aliphatic heterocycles. The van der Waals surface area contributed by atoms with Gasteiger partial charge >= 0.3 is 0 Å². The van der Waals surface area contributed by atoms with Crippen molar-refractivity contribution in [3.05, 3.63) is 48.1 Å². The van der Waals surface area contributed by atoms with E-state index in [2.05, 4.69) is 21.4 Å². The van der Waals surface area contributed by atoms with E-state index in [1.54, 1.807) is 0 Å². The minimum absolute atomic E-state index is 0.482. The molecular formula is C17H22F2N4. The molecule has 0 amide bonds. The maximum absolute atomic E-state index is 13.8. The van der Waals surface area contributed by atoms with Gasteiger partial charge in [-0.05, 0) is 12.1 Å². The Kier molecular flexibility index (Phi) is 4.91. The molecule has 1 aromatic heterocycles. The van der Waals surface area contributed by atoms with E-state index >= 15 is 0 Å². The zero-order valence-electron chi connectivity index (χ0n) is 13.4. The fourth-order valence-electron chi connectivity index (χ4n) is 3.06. The quantitative estimate of drug-likeness (QED) is 0.846. The summed E-state index contributed by atoms with van der Waals surface area (Å²) in [6.45, 7) is 7.27. The molecule has 1 fully saturated rings. The molecule has 23 heavy (non-hydrogen) atoms. The summed E-state index contributed by atoms with van der Waals surface area (Å²) >= 11 is 0. The molecular weight excluding hydrogens is 298 g/mol. The first-order valence-electron chi connectivity index (χ1n) is 8.09. The summed E-state index contributed by atoms with van der Waals surface area (Å²) in [5.41, 5.74) is 0.494. The van der Waals surface area contributed by atoms with Gasteiger partial charge in [0.25, 0.3) is 0 Å². The normalized spacial score (nSPS) is 16.0. The van der Waals surface area contributed by atoms with Gasteiger partial charge < -0.3 is 9.47 Å². The summed E-state index contributed by atoms with van der Waals surface area (Å²) < 4.78 is 29.0. The fourth-order valence-corrected chi connectivity index (χ4v) is 3.06. The molecule has 6 heteroatoms. The van der Waals surface area contributed by atoms with E-state index in [4.69, 9.17) is 0 Å². The molecule has 0 aliphatic carbocycles. The second-order valence-corrected chi connectivity index (χ2v) is 5.81. The Balaban J connectivity index is 1.52. The van der Waals surface area contributed by atoms with Crippen LogP contribution in [0.5, 0.6) is 0 Å². The number of aromatic nitrogens is 2. The fraction of sp³-hybridized carbons (Fsp3) is 0.471. The number of piperazine rings is 1. The lowest BCUT2D eigenvalue weighted by Crippen LogP contribution is -2.47. The van der Waals surface area contributed by atoms with E-state index in [0.29, 0.717) is 5.69 Å². The number of imidazole rings is 1. The Hall–Kier alpha value is -1.95. The SMILES string of the molecule is CCc1nccn1CCN1CCN(c2ccc(F)cc2F)CC1. The standard InChI is InChI=1S/C17H22F2N4/c1-2-17-20-5-6-23(17)12-9-21-7-10-22(11-8-21)16-4-3-14(18)13-15(16)19/h3-6,13H,2,7-12H2,1H3. The third-order valence-electron chi connectivity index (χ3n) is 4.40. The number of anilines is 1. The van der Waals surface area contributed by atoms with E-state index in [1.807, 2.05) is 17.3 Å². The van der Waals surface area contributed by atoms with Gasteiger partial charge in [0.1, 0.15) is 17.5 Å². The van der Waals surface area contributed by atoms with Crippen molar-refractivity contribution >= 4 is 5.69 Å². The van der Waals surface area contributed by atoms with E-state index in [0.717, 1.165) is 57.6 Å². The molecule has 0 radical (unpaired) electrons. The molecule has 4 nitrogen and oxygen atoms in total. The Bertz CT molecular complexity index is 648. The molecule has 0 atom stereocenters. The molecule has 1 saturated heterocycles. The van der Waals surface area contributed by atoms with Crippen molar-refractivity contribution < 1.29 is 8.78 Å². The topological polar surface area (TPSA) is 24.3 Å². The predicted molar refractivity (Wildman–Crippen MR) is 86.6 cm³/mol. The Labute approximate surface area is 135 Å². The van der Waals surface area contributed by atoms with Gasteiger partial charge in [-0.1, -0.05) is 6.92 Å². The third kappa shape index (κ3) is 3.69. The minimum Gasteiger partial charge on any atom is -0.367 e. The van der Waals surface area contributed by atoms with Crippen molar-refractivity contribution in [2.45, 2.75) is 19.9 Å². The van der Waals surface area contributed by atoms with Crippen LogP contribution in [0, 0.1) is 11.6 Å². The van der Waals surface area contributed by atoms with Gasteiger partial charge in [-0.25, -0.2) is 13.8 Å². The van der Waals surface area contributed by atoms with Crippen LogP contribution >= 0.6 is 0 Å². The van der Waals surface area contributed by atoms with Crippen LogP contribution in [-0.4, -0.2) is 47.2 Å². The van der Waals surface area contributed by atoms with Crippen LogP contribution in [0.3, 0.4) is 0 Å². The average Bonchev–Trinajstić information content (AvgIpc) is 3.01. The average molecular weight is 320 g/mol. The molecule has 1 aliphatic rings. The zero-order chi connectivity index (χ0) is 16.2. The largest absolute Gasteiger partial charge is 0.367 e. The van der Waals surface area contributed by atoms with Gasteiger partial charge in [0.15, 0.2) is 0 Å². The lowest BCUT2D eigenvalue weighted by molar-refractivity contribution is 0.246. The van der Waals surface area contributed by atoms with Gasteiger partial charge in [-0.3, -0.25) is 4.90 Å². The summed E-state index contributed by atoms with van der Waals surface area (Å²) in [6.07, 6.45) is 4.79. The van der Waals surface area contributed by atoms with Crippen LogP contribution in [0.15, 0.2) is 30.6 Å². The van der Waals surface area contributed by atoms with Gasteiger partial charge in [0.2, 0.25) is 0 Å². The Morgan fingerprint density at radius 1 is 1.09 bits per heavy atom. The van der Waals surface area contributed by atoms with Crippen molar-refractivity contribution in [1.82, 2.24) is 14.5 Å². The maximum atomic E-state index is 13.8. The summed E-state index contributed by atoms with van der Waals surface area (Å²) in [6, 6.07) is 3.79. The van der Waals surface area contributed by atoms with Crippen molar-refractivity contribution in [3.8, 4) is 0 Å². The summed E-state index contributed by atoms with van der Waals surface area (Å²) in [7, 11) is 0. The molecule has 124 valence electrons. The van der Waals surface area contributed by atoms with Crippen LogP contribution in [0.2, 0.25) is 0 Å². The molecule has 0 unspecified atom stereocenters. The smallest absolute Gasteiger partial charge is 0.149 e. The lowest BCUT2D eigenvalue weighted by atomic mass is 10.2. The molecule has 2 heterocycles. The highest BCUT2D eigenvalue weighted by molar-refractivity contribution is 5.48. The monoisotopic (exact) mass is 320 g/mol. The Morgan fingerprint density at radius 2 is 1.87 bits per heavy atom. The van der Waals surface area contributed by atoms with Crippen LogP contribution in [0.1, 0.15) is 12.7 Å². The van der Waals surface area contributed by atoms with Crippen molar-refractivity contribution in [2.75, 3.05) is 37.6 Å². The highest BCUT2D eigenvalue weighted by Gasteiger charge is 2.19. The number of aryl methyl sites for hydroxylation is 1. The predicted octanol–water partition coefficient (Wildman–Crippen LogP) is 2.55. The first kappa shape index (κ1) is 15.9. The number of nitrogens with zero attached hydrogens (tertiary/aromatic N) is 4. The number of benzene rings is 1. The summed E-state index contributed by atoms with van der Waals surface area (Å²) in [4.78, 5) is 8.69. The van der Waals surface area contributed by atoms with Crippen molar-refractivity contribution in [1.29, 1.82) is 0 Å². The molecule has 0 bridgehead atoms. The molecule has 3 rings (SSSR count). The second kappa shape index (κ2) is 7.08. The van der Waals surface area contributed by atoms with Crippen molar-refractivity contribution in [2.24, 2.45) is 0 Å². The first-order chi connectivity index (χ1) is 11.2. The maximum Gasteiger partial charge on any atom is 0.149 e. The van der Waals surface area contributed by atoms with Crippen LogP contribution in [-0.2, 0) is 13.0 Å². The van der Waals surface area contributed by atoms with E-state index in [-0.39, 0.29) is 0 Å². The highest BCUT2D eigenvalue weighted by Crippen LogP contribution is 2.21. The molecule has 0 N–H and O–H groups in total. The summed E-state index contributed by atoms with van der Waals surface area (Å²) in [5.74, 6) is 0.0958. The lowest BCUT2D eigenvalue weighted by Gasteiger charge is -2.36. The van der Waals surface area contributed by atoms with Crippen LogP contribution in [0.25, 0.3) is 0 Å². The van der Waals surface area contributed by atoms with Gasteiger partial charge in [0.05, 0.1) is 5.69 Å². The van der Waals surface area contributed by atoms with Crippen LogP contribution < -0.4 is 4.90 Å². The minimum atomic E-state index is -0.531. The van der Waals surface area contributed by atoms with Gasteiger partial charge in [-0.2, -0.15) is 0 Å². The van der Waals surface area contributed by atoms with Gasteiger partial charge in [0, 0.05) is 64.1 Å². The number of hydrogen-bond acceptors (Lipinski definition) is 3. The molecule has 0 spiro atoms. The van der Waals surface area contributed by atoms with E-state index < -0.39 is 11.6 Å². The first-order valence-corrected chi connectivity index (χ1v) is 8.09. The number of halogens is 2. The second-order valence-electron chi connectivity index (χ2n) is 5.81. The Morgan fingerprint density at radius 3 is 2.57 bits per heavy atom. The third-order valence-corrected chi connectivity index (χ3v) is 4.40. The highest BCUT2D eigenvalue weighted by atomic mass is 19.1. The number of hydrogen-bond donors (Lipinski definition) is 0. The van der Waals surface area contributed by atoms with Crippen LogP contribution in [0.4, 0.5) is 14.5 Å². The molecule has 2 aromatic rings. The zero-order valence-corrected chi connectivity index (χ0v) is 13.4. The van der Waals surface area contributed by atoms with E-state index in [9.17, 15) is 8.78 Å². The van der Waals surface area contributed by atoms with Gasteiger partial charge in [-0.15, -0.1) is 0 Å². The van der Waals surface area contributed by atoms with E-state index in [1.165, 1.54) is 12.1 Å². The number of rotatable bonds is 5.